The second-order valence-corrected chi connectivity index (χ2v) is 3.70. The molecule has 1 rings (SSSR count). The highest BCUT2D eigenvalue weighted by Crippen LogP contribution is 2.35. The highest BCUT2D eigenvalue weighted by Gasteiger charge is 2.33. The molecular formula is C9H15ClF2N2. The Hall–Kier alpha value is -0.400. The molecule has 0 unspecified atom stereocenters. The van der Waals surface area contributed by atoms with Gasteiger partial charge in [0.25, 0.3) is 0 Å². The largest absolute Gasteiger partial charge is 0.316 e. The van der Waals surface area contributed by atoms with Gasteiger partial charge < -0.3 is 5.73 Å². The number of nitrogens with zero attached hydrogens (tertiary/aromatic N) is 1. The quantitative estimate of drug-likeness (QED) is 0.696. The van der Waals surface area contributed by atoms with E-state index in [1.54, 1.807) is 0 Å². The second-order valence-electron chi connectivity index (χ2n) is 3.70. The van der Waals surface area contributed by atoms with Gasteiger partial charge in [0.1, 0.15) is 0 Å². The summed E-state index contributed by atoms with van der Waals surface area (Å²) >= 11 is 0. The van der Waals surface area contributed by atoms with Crippen LogP contribution in [0.4, 0.5) is 8.78 Å². The Morgan fingerprint density at radius 1 is 1.36 bits per heavy atom. The SMILES string of the molecule is Cl.N#C[C@@H](N)[C@@H]1CCCC(F)(F)CC1. The zero-order valence-corrected chi connectivity index (χ0v) is 8.70. The number of alkyl halides is 2. The number of halogens is 3. The van der Waals surface area contributed by atoms with Crippen molar-refractivity contribution in [3.63, 3.8) is 0 Å². The molecular weight excluding hydrogens is 210 g/mol. The maximum atomic E-state index is 12.9. The van der Waals surface area contributed by atoms with Crippen molar-refractivity contribution < 1.29 is 8.78 Å². The first-order valence-corrected chi connectivity index (χ1v) is 4.58. The van der Waals surface area contributed by atoms with E-state index < -0.39 is 12.0 Å². The van der Waals surface area contributed by atoms with E-state index in [1.165, 1.54) is 0 Å². The summed E-state index contributed by atoms with van der Waals surface area (Å²) in [6, 6.07) is 1.35. The van der Waals surface area contributed by atoms with E-state index >= 15 is 0 Å². The molecule has 82 valence electrons. The summed E-state index contributed by atoms with van der Waals surface area (Å²) in [5.74, 6) is -2.58. The van der Waals surface area contributed by atoms with Crippen LogP contribution in [0.2, 0.25) is 0 Å². The third-order valence-corrected chi connectivity index (χ3v) is 2.66. The van der Waals surface area contributed by atoms with E-state index in [-0.39, 0.29) is 31.2 Å². The van der Waals surface area contributed by atoms with Crippen LogP contribution in [0.15, 0.2) is 0 Å². The van der Waals surface area contributed by atoms with E-state index in [0.717, 1.165) is 0 Å². The average molecular weight is 225 g/mol. The first kappa shape index (κ1) is 13.6. The number of hydrogen-bond acceptors (Lipinski definition) is 2. The molecule has 0 aromatic carbocycles. The Bertz CT molecular complexity index is 215. The number of nitrogens with two attached hydrogens (primary N) is 1. The van der Waals surface area contributed by atoms with Crippen molar-refractivity contribution in [1.29, 1.82) is 5.26 Å². The van der Waals surface area contributed by atoms with Gasteiger partial charge in [0.2, 0.25) is 5.92 Å². The number of hydrogen-bond donors (Lipinski definition) is 1. The van der Waals surface area contributed by atoms with Crippen molar-refractivity contribution in [2.45, 2.75) is 44.1 Å². The van der Waals surface area contributed by atoms with Gasteiger partial charge in [-0.05, 0) is 25.2 Å². The van der Waals surface area contributed by atoms with Gasteiger partial charge >= 0.3 is 0 Å². The first-order chi connectivity index (χ1) is 6.05. The summed E-state index contributed by atoms with van der Waals surface area (Å²) in [4.78, 5) is 0. The summed E-state index contributed by atoms with van der Waals surface area (Å²) < 4.78 is 25.8. The Morgan fingerprint density at radius 2 is 2.00 bits per heavy atom. The van der Waals surface area contributed by atoms with Gasteiger partial charge in [-0.2, -0.15) is 5.26 Å². The standard InChI is InChI=1S/C9H14F2N2.ClH/c10-9(11)4-1-2-7(3-5-9)8(13)6-12;/h7-8H,1-5,13H2;1H/t7-,8-;/m1./s1. The van der Waals surface area contributed by atoms with E-state index in [4.69, 9.17) is 11.0 Å². The van der Waals surface area contributed by atoms with Crippen LogP contribution in [0, 0.1) is 17.2 Å². The molecule has 0 aromatic heterocycles. The fourth-order valence-corrected chi connectivity index (χ4v) is 1.75. The third kappa shape index (κ3) is 3.77. The minimum absolute atomic E-state index is 0. The third-order valence-electron chi connectivity index (χ3n) is 2.66. The molecule has 1 saturated carbocycles. The fourth-order valence-electron chi connectivity index (χ4n) is 1.75. The van der Waals surface area contributed by atoms with Gasteiger partial charge in [-0.25, -0.2) is 8.78 Å². The zero-order valence-electron chi connectivity index (χ0n) is 7.88. The van der Waals surface area contributed by atoms with Crippen LogP contribution in [-0.2, 0) is 0 Å². The molecule has 0 bridgehead atoms. The topological polar surface area (TPSA) is 49.8 Å². The molecule has 0 amide bonds. The Morgan fingerprint density at radius 3 is 2.57 bits per heavy atom. The molecule has 1 aliphatic carbocycles. The van der Waals surface area contributed by atoms with Crippen molar-refractivity contribution in [2.24, 2.45) is 11.7 Å². The molecule has 1 fully saturated rings. The fraction of sp³-hybridized carbons (Fsp3) is 0.889. The maximum absolute atomic E-state index is 12.9. The summed E-state index contributed by atoms with van der Waals surface area (Å²) in [6.45, 7) is 0. The van der Waals surface area contributed by atoms with Crippen molar-refractivity contribution >= 4 is 12.4 Å². The summed E-state index contributed by atoms with van der Waals surface area (Å²) in [5, 5.41) is 8.55. The Balaban J connectivity index is 0.00000169. The average Bonchev–Trinajstić information content (AvgIpc) is 2.25. The molecule has 2 N–H and O–H groups in total. The van der Waals surface area contributed by atoms with Gasteiger partial charge in [-0.1, -0.05) is 0 Å². The van der Waals surface area contributed by atoms with Gasteiger partial charge in [0.05, 0.1) is 12.1 Å². The van der Waals surface area contributed by atoms with E-state index in [9.17, 15) is 8.78 Å². The smallest absolute Gasteiger partial charge is 0.248 e. The molecule has 2 atom stereocenters. The molecule has 0 saturated heterocycles. The lowest BCUT2D eigenvalue weighted by atomic mass is 9.93. The zero-order chi connectivity index (χ0) is 9.90. The lowest BCUT2D eigenvalue weighted by Gasteiger charge is -2.16. The van der Waals surface area contributed by atoms with Crippen LogP contribution < -0.4 is 5.73 Å². The van der Waals surface area contributed by atoms with Crippen molar-refractivity contribution in [3.8, 4) is 6.07 Å². The second kappa shape index (κ2) is 5.47. The highest BCUT2D eigenvalue weighted by molar-refractivity contribution is 5.85. The van der Waals surface area contributed by atoms with Gasteiger partial charge in [0, 0.05) is 12.8 Å². The lowest BCUT2D eigenvalue weighted by molar-refractivity contribution is -0.0148. The Labute approximate surface area is 88.9 Å². The van der Waals surface area contributed by atoms with Crippen molar-refractivity contribution in [2.75, 3.05) is 0 Å². The number of nitriles is 1. The van der Waals surface area contributed by atoms with Crippen LogP contribution in [0.25, 0.3) is 0 Å². The molecule has 0 spiro atoms. The summed E-state index contributed by atoms with van der Waals surface area (Å²) in [7, 11) is 0. The van der Waals surface area contributed by atoms with Gasteiger partial charge in [-0.3, -0.25) is 0 Å². The lowest BCUT2D eigenvalue weighted by Crippen LogP contribution is -2.28. The van der Waals surface area contributed by atoms with Crippen LogP contribution >= 0.6 is 12.4 Å². The predicted octanol–water partition coefficient (Wildman–Crippen LogP) is 2.47. The molecule has 0 radical (unpaired) electrons. The monoisotopic (exact) mass is 224 g/mol. The van der Waals surface area contributed by atoms with Crippen LogP contribution in [0.3, 0.4) is 0 Å². The molecule has 0 aromatic rings. The van der Waals surface area contributed by atoms with Crippen LogP contribution in [0.1, 0.15) is 32.1 Å². The highest BCUT2D eigenvalue weighted by atomic mass is 35.5. The van der Waals surface area contributed by atoms with Crippen molar-refractivity contribution in [3.05, 3.63) is 0 Å². The molecule has 0 heterocycles. The minimum Gasteiger partial charge on any atom is -0.316 e. The molecule has 1 aliphatic rings. The van der Waals surface area contributed by atoms with E-state index in [2.05, 4.69) is 0 Å². The van der Waals surface area contributed by atoms with E-state index in [1.807, 2.05) is 6.07 Å². The normalized spacial score (nSPS) is 28.0. The van der Waals surface area contributed by atoms with Gasteiger partial charge in [0.15, 0.2) is 0 Å². The molecule has 5 heteroatoms. The van der Waals surface area contributed by atoms with E-state index in [0.29, 0.717) is 19.3 Å². The minimum atomic E-state index is -2.54. The Kier molecular flexibility index (Phi) is 5.32. The molecule has 14 heavy (non-hydrogen) atoms. The summed E-state index contributed by atoms with van der Waals surface area (Å²) in [6.07, 6.45) is 1.34. The maximum Gasteiger partial charge on any atom is 0.248 e. The summed E-state index contributed by atoms with van der Waals surface area (Å²) in [5.41, 5.74) is 5.50. The first-order valence-electron chi connectivity index (χ1n) is 4.58. The van der Waals surface area contributed by atoms with Crippen molar-refractivity contribution in [1.82, 2.24) is 0 Å². The van der Waals surface area contributed by atoms with Crippen LogP contribution in [0.5, 0.6) is 0 Å². The molecule has 2 nitrogen and oxygen atoms in total. The number of rotatable bonds is 1. The molecule has 0 aliphatic heterocycles. The van der Waals surface area contributed by atoms with Gasteiger partial charge in [-0.15, -0.1) is 12.4 Å². The van der Waals surface area contributed by atoms with Crippen LogP contribution in [-0.4, -0.2) is 12.0 Å². The predicted molar refractivity (Wildman–Crippen MR) is 52.4 cm³/mol.